The van der Waals surface area contributed by atoms with E-state index in [-0.39, 0.29) is 0 Å². The maximum Gasteiger partial charge on any atom is 0.325 e. The lowest BCUT2D eigenvalue weighted by atomic mass is 10.1. The van der Waals surface area contributed by atoms with Crippen LogP contribution in [0, 0.1) is 0 Å². The molecule has 0 aliphatic rings. The number of ether oxygens (including phenoxy) is 4. The summed E-state index contributed by atoms with van der Waals surface area (Å²) in [5.41, 5.74) is 0.508. The molecule has 118 valence electrons. The van der Waals surface area contributed by atoms with Gasteiger partial charge in [-0.2, -0.15) is 0 Å². The van der Waals surface area contributed by atoms with Crippen LogP contribution in [0.3, 0.4) is 0 Å². The number of carbonyl (C=O) groups is 1. The van der Waals surface area contributed by atoms with Gasteiger partial charge in [0.05, 0.1) is 27.9 Å². The molecule has 0 amide bonds. The summed E-state index contributed by atoms with van der Waals surface area (Å²) < 4.78 is 20.6. The summed E-state index contributed by atoms with van der Waals surface area (Å²) in [6.07, 6.45) is 0. The number of methoxy groups -OCH3 is 4. The predicted molar refractivity (Wildman–Crippen MR) is 76.4 cm³/mol. The maximum absolute atomic E-state index is 11.4. The molecule has 7 nitrogen and oxygen atoms in total. The van der Waals surface area contributed by atoms with Gasteiger partial charge in [-0.1, -0.05) is 0 Å². The first kappa shape index (κ1) is 17.1. The van der Waals surface area contributed by atoms with Crippen LogP contribution in [-0.4, -0.2) is 52.7 Å². The number of carboxylic acid groups (broad SMARTS) is 1. The Hall–Kier alpha value is -1.99. The second-order valence-corrected chi connectivity index (χ2v) is 4.18. The van der Waals surface area contributed by atoms with E-state index in [1.807, 2.05) is 0 Å². The average Bonchev–Trinajstić information content (AvgIpc) is 2.49. The third-order valence-electron chi connectivity index (χ3n) is 2.92. The lowest BCUT2D eigenvalue weighted by Crippen LogP contribution is -2.31. The van der Waals surface area contributed by atoms with Crippen molar-refractivity contribution in [3.05, 3.63) is 17.7 Å². The molecule has 0 bridgehead atoms. The molecule has 1 atom stereocenters. The van der Waals surface area contributed by atoms with Crippen LogP contribution >= 0.6 is 0 Å². The Balaban J connectivity index is 3.15. The highest BCUT2D eigenvalue weighted by Crippen LogP contribution is 2.39. The third-order valence-corrected chi connectivity index (χ3v) is 2.92. The Labute approximate surface area is 123 Å². The number of carboxylic acids is 1. The molecule has 0 heterocycles. The minimum atomic E-state index is -1.000. The quantitative estimate of drug-likeness (QED) is 0.660. The summed E-state index contributed by atoms with van der Waals surface area (Å²) in [4.78, 5) is 11.4. The van der Waals surface area contributed by atoms with E-state index in [1.54, 1.807) is 19.2 Å². The molecule has 1 aromatic carbocycles. The van der Waals surface area contributed by atoms with E-state index in [0.29, 0.717) is 36.0 Å². The van der Waals surface area contributed by atoms with Gasteiger partial charge in [0.1, 0.15) is 6.04 Å². The molecule has 1 aromatic rings. The zero-order valence-electron chi connectivity index (χ0n) is 12.6. The molecule has 0 fully saturated rings. The van der Waals surface area contributed by atoms with Gasteiger partial charge in [-0.25, -0.2) is 0 Å². The van der Waals surface area contributed by atoms with Crippen molar-refractivity contribution >= 4 is 5.97 Å². The highest BCUT2D eigenvalue weighted by Gasteiger charge is 2.23. The monoisotopic (exact) mass is 299 g/mol. The first-order valence-corrected chi connectivity index (χ1v) is 6.34. The van der Waals surface area contributed by atoms with Crippen molar-refractivity contribution in [1.29, 1.82) is 0 Å². The smallest absolute Gasteiger partial charge is 0.325 e. The van der Waals surface area contributed by atoms with Crippen molar-refractivity contribution in [1.82, 2.24) is 5.32 Å². The van der Waals surface area contributed by atoms with Crippen molar-refractivity contribution in [3.8, 4) is 17.2 Å². The molecule has 0 aliphatic heterocycles. The lowest BCUT2D eigenvalue weighted by molar-refractivity contribution is -0.139. The highest BCUT2D eigenvalue weighted by atomic mass is 16.5. The minimum absolute atomic E-state index is 0.407. The summed E-state index contributed by atoms with van der Waals surface area (Å²) in [5, 5.41) is 12.3. The van der Waals surface area contributed by atoms with Crippen LogP contribution in [0.1, 0.15) is 11.6 Å². The van der Waals surface area contributed by atoms with Gasteiger partial charge in [0.25, 0.3) is 0 Å². The Morgan fingerprint density at radius 2 is 1.71 bits per heavy atom. The summed E-state index contributed by atoms with van der Waals surface area (Å²) in [7, 11) is 6.01. The summed E-state index contributed by atoms with van der Waals surface area (Å²) in [5.74, 6) is 0.239. The molecule has 0 aromatic heterocycles. The van der Waals surface area contributed by atoms with Gasteiger partial charge in [0, 0.05) is 13.7 Å². The van der Waals surface area contributed by atoms with Crippen LogP contribution in [0.4, 0.5) is 0 Å². The van der Waals surface area contributed by atoms with Gasteiger partial charge in [-0.3, -0.25) is 10.1 Å². The SMILES string of the molecule is COCCNC(C(=O)O)c1cc(OC)c(OC)c(OC)c1. The standard InChI is InChI=1S/C14H21NO6/c1-18-6-5-15-12(14(16)17)9-7-10(19-2)13(21-4)11(8-9)20-3/h7-8,12,15H,5-6H2,1-4H3,(H,16,17). The van der Waals surface area contributed by atoms with Crippen molar-refractivity contribution in [3.63, 3.8) is 0 Å². The van der Waals surface area contributed by atoms with Crippen molar-refractivity contribution < 1.29 is 28.8 Å². The number of rotatable bonds is 9. The fourth-order valence-corrected chi connectivity index (χ4v) is 1.92. The fraction of sp³-hybridized carbons (Fsp3) is 0.500. The number of benzene rings is 1. The van der Waals surface area contributed by atoms with Crippen molar-refractivity contribution in [2.24, 2.45) is 0 Å². The van der Waals surface area contributed by atoms with Gasteiger partial charge in [-0.15, -0.1) is 0 Å². The van der Waals surface area contributed by atoms with Gasteiger partial charge in [0.15, 0.2) is 11.5 Å². The first-order valence-electron chi connectivity index (χ1n) is 6.34. The van der Waals surface area contributed by atoms with E-state index in [4.69, 9.17) is 18.9 Å². The molecule has 0 radical (unpaired) electrons. The molecular formula is C14H21NO6. The largest absolute Gasteiger partial charge is 0.493 e. The molecule has 0 saturated heterocycles. The van der Waals surface area contributed by atoms with E-state index >= 15 is 0 Å². The van der Waals surface area contributed by atoms with Crippen LogP contribution in [-0.2, 0) is 9.53 Å². The average molecular weight is 299 g/mol. The number of nitrogens with one attached hydrogen (secondary N) is 1. The van der Waals surface area contributed by atoms with Gasteiger partial charge < -0.3 is 24.1 Å². The van der Waals surface area contributed by atoms with Gasteiger partial charge in [-0.05, 0) is 17.7 Å². The fourth-order valence-electron chi connectivity index (χ4n) is 1.92. The lowest BCUT2D eigenvalue weighted by Gasteiger charge is -2.18. The second-order valence-electron chi connectivity index (χ2n) is 4.18. The predicted octanol–water partition coefficient (Wildman–Crippen LogP) is 1.07. The third kappa shape index (κ3) is 4.24. The normalized spacial score (nSPS) is 11.8. The minimum Gasteiger partial charge on any atom is -0.493 e. The molecule has 0 saturated carbocycles. The highest BCUT2D eigenvalue weighted by molar-refractivity contribution is 5.76. The van der Waals surface area contributed by atoms with Crippen LogP contribution in [0.15, 0.2) is 12.1 Å². The Morgan fingerprint density at radius 3 is 2.10 bits per heavy atom. The number of aliphatic carboxylic acids is 1. The molecule has 1 rings (SSSR count). The molecular weight excluding hydrogens is 278 g/mol. The van der Waals surface area contributed by atoms with E-state index in [0.717, 1.165) is 0 Å². The summed E-state index contributed by atoms with van der Waals surface area (Å²) >= 11 is 0. The van der Waals surface area contributed by atoms with Crippen LogP contribution in [0.2, 0.25) is 0 Å². The second kappa shape index (κ2) is 8.33. The van der Waals surface area contributed by atoms with Crippen molar-refractivity contribution in [2.75, 3.05) is 41.6 Å². The molecule has 7 heteroatoms. The Morgan fingerprint density at radius 1 is 1.14 bits per heavy atom. The molecule has 1 unspecified atom stereocenters. The Kier molecular flexibility index (Phi) is 6.77. The van der Waals surface area contributed by atoms with E-state index in [1.165, 1.54) is 21.3 Å². The zero-order valence-corrected chi connectivity index (χ0v) is 12.6. The van der Waals surface area contributed by atoms with E-state index < -0.39 is 12.0 Å². The van der Waals surface area contributed by atoms with E-state index in [2.05, 4.69) is 5.32 Å². The molecule has 2 N–H and O–H groups in total. The van der Waals surface area contributed by atoms with E-state index in [9.17, 15) is 9.90 Å². The van der Waals surface area contributed by atoms with Crippen molar-refractivity contribution in [2.45, 2.75) is 6.04 Å². The van der Waals surface area contributed by atoms with Gasteiger partial charge >= 0.3 is 5.97 Å². The van der Waals surface area contributed by atoms with Crippen LogP contribution < -0.4 is 19.5 Å². The number of hydrogen-bond acceptors (Lipinski definition) is 6. The van der Waals surface area contributed by atoms with Gasteiger partial charge in [0.2, 0.25) is 5.75 Å². The topological polar surface area (TPSA) is 86.3 Å². The summed E-state index contributed by atoms with van der Waals surface area (Å²) in [6, 6.07) is 2.33. The Bertz CT molecular complexity index is 452. The molecule has 0 spiro atoms. The van der Waals surface area contributed by atoms with Crippen LogP contribution in [0.5, 0.6) is 17.2 Å². The summed E-state index contributed by atoms with van der Waals surface area (Å²) in [6.45, 7) is 0.818. The maximum atomic E-state index is 11.4. The zero-order chi connectivity index (χ0) is 15.8. The first-order chi connectivity index (χ1) is 10.1. The molecule has 0 aliphatic carbocycles. The molecule has 21 heavy (non-hydrogen) atoms. The van der Waals surface area contributed by atoms with Crippen LogP contribution in [0.25, 0.3) is 0 Å². The number of hydrogen-bond donors (Lipinski definition) is 2.